The molecule has 3 N–H and O–H groups in total. The number of sulfonamides is 1. The van der Waals surface area contributed by atoms with Crippen LogP contribution in [0, 0.1) is 11.8 Å². The van der Waals surface area contributed by atoms with Gasteiger partial charge in [0.25, 0.3) is 0 Å². The van der Waals surface area contributed by atoms with E-state index >= 15 is 0 Å². The Labute approximate surface area is 112 Å². The zero-order valence-electron chi connectivity index (χ0n) is 11.1. The zero-order valence-corrected chi connectivity index (χ0v) is 11.9. The van der Waals surface area contributed by atoms with Gasteiger partial charge in [0.05, 0.1) is 5.75 Å². The monoisotopic (exact) mass is 292 g/mol. The molecule has 1 fully saturated rings. The molecule has 1 heterocycles. The fourth-order valence-electron chi connectivity index (χ4n) is 2.36. The van der Waals surface area contributed by atoms with Crippen LogP contribution in [0.3, 0.4) is 0 Å². The van der Waals surface area contributed by atoms with Crippen LogP contribution in [-0.4, -0.2) is 48.6 Å². The van der Waals surface area contributed by atoms with E-state index in [1.807, 2.05) is 13.8 Å². The second-order valence-electron chi connectivity index (χ2n) is 5.43. The van der Waals surface area contributed by atoms with Crippen molar-refractivity contribution in [3.05, 3.63) is 0 Å². The minimum Gasteiger partial charge on any atom is -0.480 e. The first kappa shape index (κ1) is 15.9. The third kappa shape index (κ3) is 4.79. The number of carboxylic acids is 1. The highest BCUT2D eigenvalue weighted by Crippen LogP contribution is 2.24. The predicted molar refractivity (Wildman–Crippen MR) is 68.7 cm³/mol. The summed E-state index contributed by atoms with van der Waals surface area (Å²) < 4.78 is 22.0. The lowest BCUT2D eigenvalue weighted by Gasteiger charge is -2.26. The molecule has 0 spiro atoms. The number of carboxylic acid groups (broad SMARTS) is 1. The van der Waals surface area contributed by atoms with Crippen LogP contribution < -0.4 is 5.14 Å². The van der Waals surface area contributed by atoms with Crippen molar-refractivity contribution in [2.75, 3.05) is 12.3 Å². The maximum atomic E-state index is 11.8. The molecule has 0 aromatic rings. The molecule has 0 aliphatic carbocycles. The van der Waals surface area contributed by atoms with E-state index in [1.165, 1.54) is 4.90 Å². The lowest BCUT2D eigenvalue weighted by Crippen LogP contribution is -2.43. The number of rotatable bonds is 6. The Balaban J connectivity index is 2.77. The van der Waals surface area contributed by atoms with Crippen LogP contribution in [0.25, 0.3) is 0 Å². The Morgan fingerprint density at radius 3 is 2.53 bits per heavy atom. The van der Waals surface area contributed by atoms with Crippen LogP contribution in [0.5, 0.6) is 0 Å². The number of likely N-dealkylation sites (tertiary alicyclic amines) is 1. The summed E-state index contributed by atoms with van der Waals surface area (Å²) in [6, 6.07) is -0.891. The molecule has 1 aliphatic rings. The predicted octanol–water partition coefficient (Wildman–Crippen LogP) is -0.377. The number of hydrogen-bond acceptors (Lipinski definition) is 4. The lowest BCUT2D eigenvalue weighted by molar-refractivity contribution is -0.149. The third-order valence-electron chi connectivity index (χ3n) is 3.06. The minimum atomic E-state index is -3.65. The molecule has 1 amide bonds. The molecular formula is C11H20N2O5S. The highest BCUT2D eigenvalue weighted by molar-refractivity contribution is 7.89. The van der Waals surface area contributed by atoms with Gasteiger partial charge in [-0.25, -0.2) is 18.4 Å². The van der Waals surface area contributed by atoms with Crippen LogP contribution >= 0.6 is 0 Å². The Morgan fingerprint density at radius 1 is 1.53 bits per heavy atom. The molecule has 110 valence electrons. The average Bonchev–Trinajstić information content (AvgIpc) is 2.52. The van der Waals surface area contributed by atoms with Crippen molar-refractivity contribution in [2.45, 2.75) is 32.7 Å². The van der Waals surface area contributed by atoms with Crippen LogP contribution in [0.1, 0.15) is 26.7 Å². The van der Waals surface area contributed by atoms with Crippen molar-refractivity contribution in [2.24, 2.45) is 17.0 Å². The van der Waals surface area contributed by atoms with Crippen molar-refractivity contribution in [3.63, 3.8) is 0 Å². The number of hydrogen-bond donors (Lipinski definition) is 2. The van der Waals surface area contributed by atoms with Gasteiger partial charge in [0.15, 0.2) is 0 Å². The van der Waals surface area contributed by atoms with Gasteiger partial charge in [-0.2, -0.15) is 0 Å². The van der Waals surface area contributed by atoms with Crippen LogP contribution in [0.15, 0.2) is 0 Å². The van der Waals surface area contributed by atoms with Crippen LogP contribution in [0.4, 0.5) is 0 Å². The highest BCUT2D eigenvalue weighted by Gasteiger charge is 2.38. The van der Waals surface area contributed by atoms with Gasteiger partial charge in [0.2, 0.25) is 15.9 Å². The smallest absolute Gasteiger partial charge is 0.326 e. The maximum absolute atomic E-state index is 11.8. The summed E-state index contributed by atoms with van der Waals surface area (Å²) >= 11 is 0. The van der Waals surface area contributed by atoms with E-state index in [0.29, 0.717) is 6.42 Å². The number of carbonyl (C=O) groups is 2. The standard InChI is InChI=1S/C11H20N2O5S/c1-7(2)3-9(11(15)16)13-5-8(4-10(13)14)6-19(12,17)18/h7-9H,3-6H2,1-2H3,(H,15,16)(H2,12,17,18). The van der Waals surface area contributed by atoms with Crippen molar-refractivity contribution in [3.8, 4) is 0 Å². The Bertz CT molecular complexity index is 460. The molecule has 0 bridgehead atoms. The molecular weight excluding hydrogens is 272 g/mol. The molecule has 0 aromatic heterocycles. The summed E-state index contributed by atoms with van der Waals surface area (Å²) in [4.78, 5) is 24.3. The largest absolute Gasteiger partial charge is 0.480 e. The van der Waals surface area contributed by atoms with Crippen LogP contribution in [-0.2, 0) is 19.6 Å². The van der Waals surface area contributed by atoms with E-state index in [1.54, 1.807) is 0 Å². The molecule has 0 aromatic carbocycles. The van der Waals surface area contributed by atoms with Gasteiger partial charge in [-0.3, -0.25) is 4.79 Å². The van der Waals surface area contributed by atoms with Gasteiger partial charge < -0.3 is 10.0 Å². The second kappa shape index (κ2) is 5.87. The summed E-state index contributed by atoms with van der Waals surface area (Å²) in [5.74, 6) is -1.95. The summed E-state index contributed by atoms with van der Waals surface area (Å²) in [5, 5.41) is 14.1. The molecule has 2 unspecified atom stereocenters. The van der Waals surface area contributed by atoms with Crippen LogP contribution in [0.2, 0.25) is 0 Å². The van der Waals surface area contributed by atoms with E-state index < -0.39 is 28.0 Å². The first-order valence-corrected chi connectivity index (χ1v) is 7.84. The molecule has 0 radical (unpaired) electrons. The first-order chi connectivity index (χ1) is 8.60. The highest BCUT2D eigenvalue weighted by atomic mass is 32.2. The maximum Gasteiger partial charge on any atom is 0.326 e. The van der Waals surface area contributed by atoms with E-state index in [0.717, 1.165) is 0 Å². The topological polar surface area (TPSA) is 118 Å². The minimum absolute atomic E-state index is 0.0400. The van der Waals surface area contributed by atoms with Gasteiger partial charge in [0, 0.05) is 18.9 Å². The fraction of sp³-hybridized carbons (Fsp3) is 0.818. The quantitative estimate of drug-likeness (QED) is 0.692. The van der Waals surface area contributed by atoms with Gasteiger partial charge in [-0.15, -0.1) is 0 Å². The normalized spacial score (nSPS) is 22.0. The molecule has 7 nitrogen and oxygen atoms in total. The number of amides is 1. The lowest BCUT2D eigenvalue weighted by atomic mass is 10.0. The van der Waals surface area contributed by atoms with Crippen molar-refractivity contribution >= 4 is 21.9 Å². The van der Waals surface area contributed by atoms with E-state index in [-0.39, 0.29) is 30.5 Å². The Morgan fingerprint density at radius 2 is 2.11 bits per heavy atom. The second-order valence-corrected chi connectivity index (χ2v) is 7.09. The molecule has 1 aliphatic heterocycles. The number of nitrogens with zero attached hydrogens (tertiary/aromatic N) is 1. The molecule has 1 rings (SSSR count). The molecule has 0 saturated carbocycles. The van der Waals surface area contributed by atoms with E-state index in [4.69, 9.17) is 5.14 Å². The summed E-state index contributed by atoms with van der Waals surface area (Å²) in [6.07, 6.45) is 0.390. The van der Waals surface area contributed by atoms with Crippen molar-refractivity contribution in [1.29, 1.82) is 0 Å². The van der Waals surface area contributed by atoms with E-state index in [2.05, 4.69) is 0 Å². The molecule has 19 heavy (non-hydrogen) atoms. The molecule has 2 atom stereocenters. The molecule has 8 heteroatoms. The number of aliphatic carboxylic acids is 1. The SMILES string of the molecule is CC(C)CC(C(=O)O)N1CC(CS(N)(=O)=O)CC1=O. The molecule has 1 saturated heterocycles. The number of nitrogens with two attached hydrogens (primary N) is 1. The Hall–Kier alpha value is -1.15. The Kier molecular flexibility index (Phi) is 4.92. The summed E-state index contributed by atoms with van der Waals surface area (Å²) in [6.45, 7) is 3.88. The van der Waals surface area contributed by atoms with Gasteiger partial charge in [-0.1, -0.05) is 13.8 Å². The third-order valence-corrected chi connectivity index (χ3v) is 4.00. The first-order valence-electron chi connectivity index (χ1n) is 6.13. The number of carbonyl (C=O) groups excluding carboxylic acids is 1. The van der Waals surface area contributed by atoms with E-state index in [9.17, 15) is 23.1 Å². The van der Waals surface area contributed by atoms with Gasteiger partial charge in [-0.05, 0) is 12.3 Å². The average molecular weight is 292 g/mol. The number of primary sulfonamides is 1. The summed E-state index contributed by atoms with van der Waals surface area (Å²) in [7, 11) is -3.65. The zero-order chi connectivity index (χ0) is 14.8. The van der Waals surface area contributed by atoms with Crippen molar-refractivity contribution in [1.82, 2.24) is 4.90 Å². The summed E-state index contributed by atoms with van der Waals surface area (Å²) in [5.41, 5.74) is 0. The fourth-order valence-corrected chi connectivity index (χ4v) is 3.24. The van der Waals surface area contributed by atoms with Gasteiger partial charge >= 0.3 is 5.97 Å². The van der Waals surface area contributed by atoms with Gasteiger partial charge in [0.1, 0.15) is 6.04 Å². The van der Waals surface area contributed by atoms with Crippen molar-refractivity contribution < 1.29 is 23.1 Å².